The van der Waals surface area contributed by atoms with E-state index in [-0.39, 0.29) is 5.75 Å². The molecule has 4 nitrogen and oxygen atoms in total. The molecule has 0 bridgehead atoms. The first-order chi connectivity index (χ1) is 9.62. The van der Waals surface area contributed by atoms with Gasteiger partial charge in [0.25, 0.3) is 0 Å². The molecule has 20 heavy (non-hydrogen) atoms. The molecule has 0 saturated heterocycles. The van der Waals surface area contributed by atoms with Crippen molar-refractivity contribution in [3.05, 3.63) is 47.0 Å². The minimum absolute atomic E-state index is 0.205. The molecule has 0 aliphatic carbocycles. The fourth-order valence-corrected chi connectivity index (χ4v) is 2.25. The van der Waals surface area contributed by atoms with Gasteiger partial charge < -0.3 is 10.5 Å². The minimum atomic E-state index is -0.558. The molecule has 0 spiro atoms. The van der Waals surface area contributed by atoms with E-state index in [1.807, 2.05) is 24.6 Å². The molecule has 0 aliphatic heterocycles. The Kier molecular flexibility index (Phi) is 4.39. The van der Waals surface area contributed by atoms with Gasteiger partial charge in [-0.15, -0.1) is 0 Å². The molecule has 0 saturated carbocycles. The second-order valence-electron chi connectivity index (χ2n) is 4.57. The van der Waals surface area contributed by atoms with E-state index in [0.717, 1.165) is 17.8 Å². The number of nitrogens with zero attached hydrogens (tertiary/aromatic N) is 2. The number of benzene rings is 1. The maximum absolute atomic E-state index is 14.3. The van der Waals surface area contributed by atoms with Gasteiger partial charge in [-0.2, -0.15) is 5.10 Å². The third-order valence-corrected chi connectivity index (χ3v) is 3.39. The van der Waals surface area contributed by atoms with Crippen molar-refractivity contribution < 1.29 is 9.13 Å². The monoisotopic (exact) mass is 277 g/mol. The number of aromatic nitrogens is 2. The van der Waals surface area contributed by atoms with Crippen LogP contribution in [0.2, 0.25) is 0 Å². The summed E-state index contributed by atoms with van der Waals surface area (Å²) in [5, 5.41) is 4.45. The molecule has 2 N–H and O–H groups in total. The maximum Gasteiger partial charge on any atom is 0.170 e. The normalized spacial score (nSPS) is 12.4. The molecule has 1 heterocycles. The van der Waals surface area contributed by atoms with Crippen LogP contribution in [-0.4, -0.2) is 16.9 Å². The maximum atomic E-state index is 14.3. The highest BCUT2D eigenvalue weighted by Crippen LogP contribution is 2.28. The van der Waals surface area contributed by atoms with Gasteiger partial charge in [0.2, 0.25) is 0 Å². The molecule has 1 atom stereocenters. The fourth-order valence-electron chi connectivity index (χ4n) is 2.25. The first kappa shape index (κ1) is 14.5. The molecular formula is C15H20FN3O. The van der Waals surface area contributed by atoms with Crippen LogP contribution in [0, 0.1) is 5.82 Å². The number of hydrogen-bond acceptors (Lipinski definition) is 3. The first-order valence-electron chi connectivity index (χ1n) is 6.76. The molecule has 1 unspecified atom stereocenters. The lowest BCUT2D eigenvalue weighted by Crippen LogP contribution is -2.18. The lowest BCUT2D eigenvalue weighted by atomic mass is 10.0. The lowest BCUT2D eigenvalue weighted by molar-refractivity contribution is 0.383. The molecule has 2 aromatic rings. The lowest BCUT2D eigenvalue weighted by Gasteiger charge is -2.15. The van der Waals surface area contributed by atoms with Crippen molar-refractivity contribution in [1.29, 1.82) is 0 Å². The zero-order valence-electron chi connectivity index (χ0n) is 12.1. The number of nitrogens with two attached hydrogens (primary N) is 1. The van der Waals surface area contributed by atoms with Gasteiger partial charge in [-0.05, 0) is 25.5 Å². The van der Waals surface area contributed by atoms with Gasteiger partial charge >= 0.3 is 0 Å². The van der Waals surface area contributed by atoms with Gasteiger partial charge in [-0.1, -0.05) is 19.1 Å². The Morgan fingerprint density at radius 2 is 2.15 bits per heavy atom. The molecule has 0 aliphatic rings. The molecule has 0 radical (unpaired) electrons. The predicted molar refractivity (Wildman–Crippen MR) is 76.3 cm³/mol. The van der Waals surface area contributed by atoms with Crippen molar-refractivity contribution in [3.8, 4) is 5.75 Å². The van der Waals surface area contributed by atoms with Gasteiger partial charge in [0.1, 0.15) is 0 Å². The largest absolute Gasteiger partial charge is 0.494 e. The Bertz CT molecular complexity index is 595. The highest BCUT2D eigenvalue weighted by Gasteiger charge is 2.20. The van der Waals surface area contributed by atoms with Crippen molar-refractivity contribution in [3.63, 3.8) is 0 Å². The third kappa shape index (κ3) is 2.54. The van der Waals surface area contributed by atoms with E-state index in [1.54, 1.807) is 18.2 Å². The van der Waals surface area contributed by atoms with Crippen LogP contribution in [0.5, 0.6) is 5.75 Å². The van der Waals surface area contributed by atoms with Crippen LogP contribution in [0.25, 0.3) is 0 Å². The molecule has 2 rings (SSSR count). The zero-order valence-corrected chi connectivity index (χ0v) is 12.1. The molecule has 1 aromatic heterocycles. The van der Waals surface area contributed by atoms with Crippen molar-refractivity contribution in [2.75, 3.05) is 7.11 Å². The Labute approximate surface area is 118 Å². The van der Waals surface area contributed by atoms with Gasteiger partial charge in [-0.25, -0.2) is 4.39 Å². The second kappa shape index (κ2) is 6.05. The molecule has 5 heteroatoms. The topological polar surface area (TPSA) is 53.1 Å². The number of rotatable bonds is 5. The van der Waals surface area contributed by atoms with Gasteiger partial charge in [0.05, 0.1) is 24.5 Å². The molecule has 1 aromatic carbocycles. The summed E-state index contributed by atoms with van der Waals surface area (Å²) in [5.74, 6) is -0.208. The van der Waals surface area contributed by atoms with Crippen LogP contribution < -0.4 is 10.5 Å². The summed E-state index contributed by atoms with van der Waals surface area (Å²) >= 11 is 0. The molecule has 0 amide bonds. The summed E-state index contributed by atoms with van der Waals surface area (Å²) in [4.78, 5) is 0. The predicted octanol–water partition coefficient (Wildman–Crippen LogP) is 2.66. The van der Waals surface area contributed by atoms with E-state index in [9.17, 15) is 4.39 Å². The van der Waals surface area contributed by atoms with Crippen LogP contribution in [-0.2, 0) is 13.0 Å². The summed E-state index contributed by atoms with van der Waals surface area (Å²) in [5.41, 5.74) is 8.42. The van der Waals surface area contributed by atoms with Crippen LogP contribution in [0.1, 0.15) is 36.8 Å². The van der Waals surface area contributed by atoms with Crippen LogP contribution in [0.4, 0.5) is 4.39 Å². The van der Waals surface area contributed by atoms with Gasteiger partial charge in [-0.3, -0.25) is 4.68 Å². The highest BCUT2D eigenvalue weighted by molar-refractivity contribution is 5.37. The summed E-state index contributed by atoms with van der Waals surface area (Å²) in [6.07, 6.45) is 0.827. The first-order valence-corrected chi connectivity index (χ1v) is 6.76. The van der Waals surface area contributed by atoms with E-state index in [4.69, 9.17) is 10.5 Å². The highest BCUT2D eigenvalue weighted by atomic mass is 19.1. The SMILES string of the molecule is CCc1cc(C(N)c2cccc(OC)c2F)n(CC)n1. The number of aryl methyl sites for hydroxylation is 2. The van der Waals surface area contributed by atoms with E-state index in [1.165, 1.54) is 7.11 Å². The second-order valence-corrected chi connectivity index (χ2v) is 4.57. The number of ether oxygens (including phenoxy) is 1. The van der Waals surface area contributed by atoms with Gasteiger partial charge in [0.15, 0.2) is 11.6 Å². The average Bonchev–Trinajstić information content (AvgIpc) is 2.90. The average molecular weight is 277 g/mol. The summed E-state index contributed by atoms with van der Waals surface area (Å²) in [6.45, 7) is 4.73. The third-order valence-electron chi connectivity index (χ3n) is 3.39. The molecule has 108 valence electrons. The van der Waals surface area contributed by atoms with Gasteiger partial charge in [0, 0.05) is 12.1 Å². The number of hydrogen-bond donors (Lipinski definition) is 1. The fraction of sp³-hybridized carbons (Fsp3) is 0.400. The standard InChI is InChI=1S/C15H20FN3O/c1-4-10-9-12(19(5-2)18-10)15(17)11-7-6-8-13(20-3)14(11)16/h6-9,15H,4-5,17H2,1-3H3. The Hall–Kier alpha value is -1.88. The zero-order chi connectivity index (χ0) is 14.7. The van der Waals surface area contributed by atoms with E-state index in [2.05, 4.69) is 5.10 Å². The summed E-state index contributed by atoms with van der Waals surface area (Å²) in [6, 6.07) is 6.39. The quantitative estimate of drug-likeness (QED) is 0.914. The Morgan fingerprint density at radius 3 is 2.75 bits per heavy atom. The number of methoxy groups -OCH3 is 1. The van der Waals surface area contributed by atoms with Crippen LogP contribution >= 0.6 is 0 Å². The van der Waals surface area contributed by atoms with Crippen molar-refractivity contribution in [2.24, 2.45) is 5.73 Å². The molecular weight excluding hydrogens is 257 g/mol. The minimum Gasteiger partial charge on any atom is -0.494 e. The number of halogens is 1. The van der Waals surface area contributed by atoms with Crippen molar-refractivity contribution >= 4 is 0 Å². The van der Waals surface area contributed by atoms with Crippen molar-refractivity contribution in [2.45, 2.75) is 32.9 Å². The van der Waals surface area contributed by atoms with E-state index >= 15 is 0 Å². The van der Waals surface area contributed by atoms with E-state index in [0.29, 0.717) is 12.1 Å². The summed E-state index contributed by atoms with van der Waals surface area (Å²) in [7, 11) is 1.44. The van der Waals surface area contributed by atoms with Crippen LogP contribution in [0.3, 0.4) is 0 Å². The van der Waals surface area contributed by atoms with E-state index < -0.39 is 11.9 Å². The van der Waals surface area contributed by atoms with Crippen LogP contribution in [0.15, 0.2) is 24.3 Å². The summed E-state index contributed by atoms with van der Waals surface area (Å²) < 4.78 is 21.1. The smallest absolute Gasteiger partial charge is 0.170 e. The molecule has 0 fully saturated rings. The Morgan fingerprint density at radius 1 is 1.40 bits per heavy atom. The Balaban J connectivity index is 2.45. The van der Waals surface area contributed by atoms with Crippen molar-refractivity contribution in [1.82, 2.24) is 9.78 Å².